The molecule has 1 heterocycles. The summed E-state index contributed by atoms with van der Waals surface area (Å²) in [4.78, 5) is 26.8. The van der Waals surface area contributed by atoms with Crippen molar-refractivity contribution in [2.24, 2.45) is 0 Å². The predicted octanol–water partition coefficient (Wildman–Crippen LogP) is 6.84. The highest BCUT2D eigenvalue weighted by Gasteiger charge is 2.36. The number of thiocarbonyl (C=S) groups is 1. The molecule has 3 aromatic carbocycles. The standard InChI is InChI=1S/C28H23F3N2O4S2/c1-3-36-23-13-18(11-12-22(23)37-16-25(34)32-21-10-5-4-7-17(21)2)14-24-26(35)33(27(38)39-24)20-9-6-8-19(15-20)28(29,30)31/h4-15H,3,16H2,1-2H3,(H,32,34)/b24-14-. The van der Waals surface area contributed by atoms with Crippen molar-refractivity contribution in [3.63, 3.8) is 0 Å². The number of carbonyl (C=O) groups excluding carboxylic acids is 2. The molecule has 1 saturated heterocycles. The maximum absolute atomic E-state index is 13.2. The van der Waals surface area contributed by atoms with E-state index in [1.807, 2.05) is 25.1 Å². The van der Waals surface area contributed by atoms with Crippen LogP contribution in [0.4, 0.5) is 24.5 Å². The number of halogens is 3. The molecule has 0 saturated carbocycles. The maximum atomic E-state index is 13.2. The van der Waals surface area contributed by atoms with Gasteiger partial charge in [0.05, 0.1) is 22.8 Å². The second-order valence-electron chi connectivity index (χ2n) is 8.36. The number of thioether (sulfide) groups is 1. The Morgan fingerprint density at radius 3 is 2.54 bits per heavy atom. The Kier molecular flexibility index (Phi) is 8.61. The fourth-order valence-corrected chi connectivity index (χ4v) is 5.01. The van der Waals surface area contributed by atoms with Crippen LogP contribution in [0.1, 0.15) is 23.6 Å². The van der Waals surface area contributed by atoms with E-state index in [1.165, 1.54) is 12.1 Å². The minimum absolute atomic E-state index is 0.0402. The number of amides is 2. The van der Waals surface area contributed by atoms with Crippen molar-refractivity contribution in [3.05, 3.63) is 88.3 Å². The maximum Gasteiger partial charge on any atom is 0.416 e. The number of para-hydroxylation sites is 1. The van der Waals surface area contributed by atoms with E-state index in [-0.39, 0.29) is 27.4 Å². The lowest BCUT2D eigenvalue weighted by Gasteiger charge is -2.16. The van der Waals surface area contributed by atoms with Gasteiger partial charge in [0.25, 0.3) is 11.8 Å². The van der Waals surface area contributed by atoms with Crippen LogP contribution in [0.3, 0.4) is 0 Å². The summed E-state index contributed by atoms with van der Waals surface area (Å²) in [5, 5.41) is 2.80. The van der Waals surface area contributed by atoms with Gasteiger partial charge in [-0.15, -0.1) is 0 Å². The van der Waals surface area contributed by atoms with Crippen molar-refractivity contribution in [2.75, 3.05) is 23.4 Å². The highest BCUT2D eigenvalue weighted by Crippen LogP contribution is 2.39. The van der Waals surface area contributed by atoms with E-state index in [9.17, 15) is 22.8 Å². The average Bonchev–Trinajstić information content (AvgIpc) is 3.17. The van der Waals surface area contributed by atoms with Crippen LogP contribution in [-0.4, -0.2) is 29.3 Å². The number of benzene rings is 3. The van der Waals surface area contributed by atoms with Gasteiger partial charge in [-0.1, -0.05) is 54.3 Å². The lowest BCUT2D eigenvalue weighted by atomic mass is 10.1. The van der Waals surface area contributed by atoms with Crippen LogP contribution in [0.15, 0.2) is 71.6 Å². The van der Waals surface area contributed by atoms with E-state index >= 15 is 0 Å². The third-order valence-electron chi connectivity index (χ3n) is 5.57. The molecule has 0 aliphatic carbocycles. The Morgan fingerprint density at radius 2 is 1.82 bits per heavy atom. The topological polar surface area (TPSA) is 67.9 Å². The zero-order valence-corrected chi connectivity index (χ0v) is 22.5. The molecular formula is C28H23F3N2O4S2. The van der Waals surface area contributed by atoms with Crippen LogP contribution in [0.2, 0.25) is 0 Å². The third-order valence-corrected chi connectivity index (χ3v) is 6.87. The molecule has 11 heteroatoms. The van der Waals surface area contributed by atoms with Crippen LogP contribution in [0.5, 0.6) is 11.5 Å². The van der Waals surface area contributed by atoms with Crippen molar-refractivity contribution in [1.82, 2.24) is 0 Å². The smallest absolute Gasteiger partial charge is 0.416 e. The molecule has 1 fully saturated rings. The highest BCUT2D eigenvalue weighted by molar-refractivity contribution is 8.27. The van der Waals surface area contributed by atoms with Crippen LogP contribution < -0.4 is 19.7 Å². The molecule has 2 amide bonds. The number of ether oxygens (including phenoxy) is 2. The number of alkyl halides is 3. The largest absolute Gasteiger partial charge is 0.490 e. The van der Waals surface area contributed by atoms with E-state index < -0.39 is 17.6 Å². The Bertz CT molecular complexity index is 1460. The second-order valence-corrected chi connectivity index (χ2v) is 10.0. The summed E-state index contributed by atoms with van der Waals surface area (Å²) in [7, 11) is 0. The van der Waals surface area contributed by atoms with Crippen LogP contribution in [0.25, 0.3) is 6.08 Å². The predicted molar refractivity (Wildman–Crippen MR) is 150 cm³/mol. The fraction of sp³-hybridized carbons (Fsp3) is 0.179. The average molecular weight is 573 g/mol. The first kappa shape index (κ1) is 28.2. The number of rotatable bonds is 8. The molecule has 0 aromatic heterocycles. The van der Waals surface area contributed by atoms with E-state index in [2.05, 4.69) is 5.32 Å². The van der Waals surface area contributed by atoms with Crippen LogP contribution in [-0.2, 0) is 15.8 Å². The SMILES string of the molecule is CCOc1cc(/C=C2\SC(=S)N(c3cccc(C(F)(F)F)c3)C2=O)ccc1OCC(=O)Nc1ccccc1C. The van der Waals surface area contributed by atoms with Gasteiger partial charge in [0, 0.05) is 5.69 Å². The molecular weight excluding hydrogens is 549 g/mol. The summed E-state index contributed by atoms with van der Waals surface area (Å²) in [5.74, 6) is -0.168. The molecule has 202 valence electrons. The van der Waals surface area contributed by atoms with Crippen LogP contribution >= 0.6 is 24.0 Å². The van der Waals surface area contributed by atoms with Crippen molar-refractivity contribution >= 4 is 57.6 Å². The Labute approximate surface area is 232 Å². The molecule has 1 aliphatic heterocycles. The first-order chi connectivity index (χ1) is 18.6. The van der Waals surface area contributed by atoms with Gasteiger partial charge >= 0.3 is 6.18 Å². The molecule has 1 aliphatic rings. The molecule has 0 spiro atoms. The van der Waals surface area contributed by atoms with Gasteiger partial charge < -0.3 is 14.8 Å². The normalized spacial score (nSPS) is 14.6. The minimum Gasteiger partial charge on any atom is -0.490 e. The van der Waals surface area contributed by atoms with E-state index in [0.717, 1.165) is 34.4 Å². The van der Waals surface area contributed by atoms with Gasteiger partial charge in [0.15, 0.2) is 22.4 Å². The molecule has 0 bridgehead atoms. The molecule has 4 rings (SSSR count). The second kappa shape index (κ2) is 11.9. The van der Waals surface area contributed by atoms with Gasteiger partial charge in [-0.3, -0.25) is 14.5 Å². The molecule has 3 aromatic rings. The first-order valence-corrected chi connectivity index (χ1v) is 13.0. The summed E-state index contributed by atoms with van der Waals surface area (Å²) >= 11 is 6.28. The highest BCUT2D eigenvalue weighted by atomic mass is 32.2. The van der Waals surface area contributed by atoms with Gasteiger partial charge in [-0.05, 0) is 67.4 Å². The number of aryl methyl sites for hydroxylation is 1. The van der Waals surface area contributed by atoms with Gasteiger partial charge in [-0.25, -0.2) is 0 Å². The summed E-state index contributed by atoms with van der Waals surface area (Å²) in [6.45, 7) is 3.76. The minimum atomic E-state index is -4.55. The van der Waals surface area contributed by atoms with Crippen molar-refractivity contribution in [1.29, 1.82) is 0 Å². The monoisotopic (exact) mass is 572 g/mol. The zero-order valence-electron chi connectivity index (χ0n) is 20.9. The van der Waals surface area contributed by atoms with Gasteiger partial charge in [0.2, 0.25) is 0 Å². The fourth-order valence-electron chi connectivity index (χ4n) is 3.71. The molecule has 0 radical (unpaired) electrons. The lowest BCUT2D eigenvalue weighted by molar-refractivity contribution is -0.137. The Morgan fingerprint density at radius 1 is 1.05 bits per heavy atom. The van der Waals surface area contributed by atoms with E-state index in [1.54, 1.807) is 37.3 Å². The van der Waals surface area contributed by atoms with Gasteiger partial charge in [0.1, 0.15) is 0 Å². The quantitative estimate of drug-likeness (QED) is 0.236. The Balaban J connectivity index is 1.50. The van der Waals surface area contributed by atoms with Crippen molar-refractivity contribution in [3.8, 4) is 11.5 Å². The molecule has 1 N–H and O–H groups in total. The molecule has 0 unspecified atom stereocenters. The van der Waals surface area contributed by atoms with Gasteiger partial charge in [-0.2, -0.15) is 13.2 Å². The third kappa shape index (κ3) is 6.79. The number of anilines is 2. The van der Waals surface area contributed by atoms with Crippen LogP contribution in [0, 0.1) is 6.92 Å². The van der Waals surface area contributed by atoms with E-state index in [4.69, 9.17) is 21.7 Å². The molecule has 0 atom stereocenters. The molecule has 39 heavy (non-hydrogen) atoms. The summed E-state index contributed by atoms with van der Waals surface area (Å²) < 4.78 is 51.0. The summed E-state index contributed by atoms with van der Waals surface area (Å²) in [6.07, 6.45) is -2.98. The van der Waals surface area contributed by atoms with Crippen molar-refractivity contribution < 1.29 is 32.2 Å². The zero-order chi connectivity index (χ0) is 28.2. The first-order valence-electron chi connectivity index (χ1n) is 11.8. The number of hydrogen-bond acceptors (Lipinski definition) is 6. The number of nitrogens with zero attached hydrogens (tertiary/aromatic N) is 1. The summed E-state index contributed by atoms with van der Waals surface area (Å²) in [6, 6.07) is 16.8. The molecule has 6 nitrogen and oxygen atoms in total. The number of carbonyl (C=O) groups is 2. The number of nitrogens with one attached hydrogen (secondary N) is 1. The summed E-state index contributed by atoms with van der Waals surface area (Å²) in [5.41, 5.74) is 1.36. The van der Waals surface area contributed by atoms with Crippen molar-refractivity contribution in [2.45, 2.75) is 20.0 Å². The van der Waals surface area contributed by atoms with E-state index in [0.29, 0.717) is 29.4 Å². The lowest BCUT2D eigenvalue weighted by Crippen LogP contribution is -2.27. The number of hydrogen-bond donors (Lipinski definition) is 1. The Hall–Kier alpha value is -3.83.